The van der Waals surface area contributed by atoms with Crippen LogP contribution in [0.5, 0.6) is 0 Å². The van der Waals surface area contributed by atoms with Crippen LogP contribution in [0, 0.1) is 0 Å². The number of benzene rings is 11. The highest BCUT2D eigenvalue weighted by Gasteiger charge is 2.21. The molecular formula is C89H57Br4N11. The Balaban J connectivity index is 0.000000104. The molecule has 0 aliphatic carbocycles. The monoisotopic (exact) mass is 1600 g/mol. The van der Waals surface area contributed by atoms with E-state index in [1.54, 1.807) is 0 Å². The summed E-state index contributed by atoms with van der Waals surface area (Å²) < 4.78 is 13.1. The van der Waals surface area contributed by atoms with E-state index in [0.29, 0.717) is 17.6 Å². The van der Waals surface area contributed by atoms with Crippen molar-refractivity contribution in [1.82, 2.24) is 53.2 Å². The topological polar surface area (TPSA) is 110 Å². The molecule has 0 saturated carbocycles. The molecule has 0 unspecified atom stereocenters. The Kier molecular flexibility index (Phi) is 18.2. The fraction of sp³-hybridized carbons (Fsp3) is 0. The molecule has 15 heteroatoms. The van der Waals surface area contributed by atoms with Crippen molar-refractivity contribution < 1.29 is 0 Å². The van der Waals surface area contributed by atoms with E-state index in [-0.39, 0.29) is 0 Å². The van der Waals surface area contributed by atoms with Crippen molar-refractivity contribution in [3.05, 3.63) is 364 Å². The number of rotatable bonds is 8. The summed E-state index contributed by atoms with van der Waals surface area (Å²) >= 11 is 14.4. The minimum Gasteiger partial charge on any atom is -0.308 e. The Hall–Kier alpha value is -11.9. The van der Waals surface area contributed by atoms with Gasteiger partial charge in [0.05, 0.1) is 66.2 Å². The van der Waals surface area contributed by atoms with Gasteiger partial charge in [-0.3, -0.25) is 24.5 Å². The second kappa shape index (κ2) is 28.9. The standard InChI is InChI=1S/C26H16BrN5.2C23H15BrN2.C17H11BrN2/c27-19-13-14-20-22(16-19)32(21-12-7-15-28-23(20)21)26-30-24(17-8-3-1-4-9-17)29-25(31-26)18-10-5-2-6-11-18;24-18-11-12-20-22(15-18)26(21-10-5-13-25-23(20)21)19-9-4-8-17(14-19)16-6-2-1-3-7-16;24-18-10-13-20-22(15-18)26(21-7-4-14-25-23(20)21)19-11-8-17(9-12-19)16-5-2-1-3-6-16;18-12-8-9-14-16(11-12)20(13-5-2-1-3-6-13)15-7-4-10-19-17(14)15/h1-16H;2*1-15H;1-11H. The van der Waals surface area contributed by atoms with E-state index in [1.165, 1.54) is 33.2 Å². The van der Waals surface area contributed by atoms with Gasteiger partial charge in [0.15, 0.2) is 11.6 Å². The molecule has 0 aliphatic heterocycles. The van der Waals surface area contributed by atoms with Gasteiger partial charge in [-0.05, 0) is 180 Å². The molecule has 0 saturated heterocycles. The second-order valence-corrected chi connectivity index (χ2v) is 28.3. The third-order valence-electron chi connectivity index (χ3n) is 18.3. The molecule has 496 valence electrons. The van der Waals surface area contributed by atoms with Crippen molar-refractivity contribution in [2.24, 2.45) is 0 Å². The summed E-state index contributed by atoms with van der Waals surface area (Å²) in [6.07, 6.45) is 7.37. The molecule has 20 rings (SSSR count). The molecule has 9 heterocycles. The number of fused-ring (bicyclic) bond motifs is 12. The molecule has 0 amide bonds. The summed E-state index contributed by atoms with van der Waals surface area (Å²) in [7, 11) is 0. The highest BCUT2D eigenvalue weighted by Crippen LogP contribution is 2.38. The predicted molar refractivity (Wildman–Crippen MR) is 440 cm³/mol. The first-order valence-electron chi connectivity index (χ1n) is 33.7. The lowest BCUT2D eigenvalue weighted by Crippen LogP contribution is -2.06. The van der Waals surface area contributed by atoms with E-state index in [2.05, 4.69) is 308 Å². The van der Waals surface area contributed by atoms with Gasteiger partial charge in [0, 0.05) is 92.4 Å². The van der Waals surface area contributed by atoms with Gasteiger partial charge in [-0.2, -0.15) is 9.97 Å². The van der Waals surface area contributed by atoms with Crippen LogP contribution in [0.25, 0.3) is 156 Å². The largest absolute Gasteiger partial charge is 0.308 e. The molecule has 104 heavy (non-hydrogen) atoms. The molecule has 0 fully saturated rings. The lowest BCUT2D eigenvalue weighted by molar-refractivity contribution is 0.952. The van der Waals surface area contributed by atoms with Crippen LogP contribution in [0.15, 0.2) is 364 Å². The summed E-state index contributed by atoms with van der Waals surface area (Å²) in [6.45, 7) is 0. The Morgan fingerprint density at radius 3 is 0.894 bits per heavy atom. The Bertz CT molecular complexity index is 6470. The molecule has 0 spiro atoms. The van der Waals surface area contributed by atoms with E-state index in [1.807, 2.05) is 140 Å². The fourth-order valence-corrected chi connectivity index (χ4v) is 15.0. The molecule has 0 bridgehead atoms. The molecule has 11 aromatic carbocycles. The average molecular weight is 1600 g/mol. The first kappa shape index (κ1) is 65.5. The van der Waals surface area contributed by atoms with E-state index < -0.39 is 0 Å². The maximum Gasteiger partial charge on any atom is 0.238 e. The van der Waals surface area contributed by atoms with Crippen LogP contribution >= 0.6 is 63.7 Å². The van der Waals surface area contributed by atoms with Crippen molar-refractivity contribution in [3.63, 3.8) is 0 Å². The van der Waals surface area contributed by atoms with Gasteiger partial charge in [0.2, 0.25) is 5.95 Å². The summed E-state index contributed by atoms with van der Waals surface area (Å²) in [5.41, 5.74) is 22.9. The van der Waals surface area contributed by atoms with Gasteiger partial charge in [0.1, 0.15) is 0 Å². The van der Waals surface area contributed by atoms with Crippen molar-refractivity contribution >= 4 is 151 Å². The number of pyridine rings is 4. The maximum absolute atomic E-state index is 4.90. The molecule has 0 N–H and O–H groups in total. The van der Waals surface area contributed by atoms with Gasteiger partial charge in [-0.25, -0.2) is 4.98 Å². The second-order valence-electron chi connectivity index (χ2n) is 24.7. The minimum absolute atomic E-state index is 0.559. The lowest BCUT2D eigenvalue weighted by atomic mass is 10.1. The number of hydrogen-bond donors (Lipinski definition) is 0. The van der Waals surface area contributed by atoms with Crippen molar-refractivity contribution in [2.45, 2.75) is 0 Å². The number of para-hydroxylation sites is 1. The van der Waals surface area contributed by atoms with Crippen molar-refractivity contribution in [1.29, 1.82) is 0 Å². The van der Waals surface area contributed by atoms with Gasteiger partial charge in [-0.15, -0.1) is 0 Å². The number of aromatic nitrogens is 11. The van der Waals surface area contributed by atoms with Gasteiger partial charge in [-0.1, -0.05) is 228 Å². The van der Waals surface area contributed by atoms with E-state index in [0.717, 1.165) is 123 Å². The highest BCUT2D eigenvalue weighted by molar-refractivity contribution is 9.11. The average Bonchev–Trinajstić information content (AvgIpc) is 1.62. The molecular weight excluding hydrogens is 1540 g/mol. The number of nitrogens with zero attached hydrogens (tertiary/aromatic N) is 11. The van der Waals surface area contributed by atoms with Gasteiger partial charge in [0.25, 0.3) is 0 Å². The summed E-state index contributed by atoms with van der Waals surface area (Å²) in [6, 6.07) is 110. The fourth-order valence-electron chi connectivity index (χ4n) is 13.6. The third kappa shape index (κ3) is 12.8. The summed E-state index contributed by atoms with van der Waals surface area (Å²) in [5, 5.41) is 4.55. The van der Waals surface area contributed by atoms with Crippen LogP contribution in [-0.4, -0.2) is 53.2 Å². The molecule has 0 atom stereocenters. The van der Waals surface area contributed by atoms with Crippen LogP contribution in [0.2, 0.25) is 0 Å². The summed E-state index contributed by atoms with van der Waals surface area (Å²) in [4.78, 5) is 33.0. The maximum atomic E-state index is 4.90. The molecule has 0 aliphatic rings. The van der Waals surface area contributed by atoms with Gasteiger partial charge >= 0.3 is 0 Å². The Morgan fingerprint density at radius 2 is 0.500 bits per heavy atom. The minimum atomic E-state index is 0.559. The van der Waals surface area contributed by atoms with E-state index in [9.17, 15) is 0 Å². The Labute approximate surface area is 631 Å². The van der Waals surface area contributed by atoms with E-state index in [4.69, 9.17) is 15.0 Å². The highest BCUT2D eigenvalue weighted by atomic mass is 79.9. The molecule has 20 aromatic rings. The number of hydrogen-bond acceptors (Lipinski definition) is 7. The van der Waals surface area contributed by atoms with Crippen molar-refractivity contribution in [3.8, 4) is 68.0 Å². The third-order valence-corrected chi connectivity index (χ3v) is 20.3. The van der Waals surface area contributed by atoms with Gasteiger partial charge < -0.3 is 13.7 Å². The normalized spacial score (nSPS) is 11.3. The van der Waals surface area contributed by atoms with Crippen LogP contribution in [-0.2, 0) is 0 Å². The van der Waals surface area contributed by atoms with E-state index >= 15 is 0 Å². The Morgan fingerprint density at radius 1 is 0.202 bits per heavy atom. The van der Waals surface area contributed by atoms with Crippen LogP contribution in [0.1, 0.15) is 0 Å². The number of halogens is 4. The lowest BCUT2D eigenvalue weighted by Gasteiger charge is -2.10. The first-order valence-corrected chi connectivity index (χ1v) is 36.8. The predicted octanol–water partition coefficient (Wildman–Crippen LogP) is 24.6. The zero-order valence-electron chi connectivity index (χ0n) is 55.3. The van der Waals surface area contributed by atoms with Crippen LogP contribution in [0.4, 0.5) is 0 Å². The molecule has 11 nitrogen and oxygen atoms in total. The molecule has 9 aromatic heterocycles. The summed E-state index contributed by atoms with van der Waals surface area (Å²) in [5.74, 6) is 1.82. The molecule has 0 radical (unpaired) electrons. The zero-order chi connectivity index (χ0) is 70.0. The van der Waals surface area contributed by atoms with Crippen molar-refractivity contribution in [2.75, 3.05) is 0 Å². The van der Waals surface area contributed by atoms with Crippen LogP contribution < -0.4 is 0 Å². The first-order chi connectivity index (χ1) is 51.2. The SMILES string of the molecule is Brc1ccc2c3ncccc3n(-c3ccc(-c4ccccc4)cc3)c2c1.Brc1ccc2c3ncccc3n(-c3cccc(-c4ccccc4)c3)c2c1.Brc1ccc2c3ncccc3n(-c3ccccc3)c2c1.Brc1ccc2c3ncccc3n(-c3nc(-c4ccccc4)nc(-c4ccccc4)n3)c2c1. The quantitative estimate of drug-likeness (QED) is 0.149. The zero-order valence-corrected chi connectivity index (χ0v) is 61.7. The van der Waals surface area contributed by atoms with Crippen LogP contribution in [0.3, 0.4) is 0 Å². The smallest absolute Gasteiger partial charge is 0.238 e.